The first-order chi connectivity index (χ1) is 7.98. The van der Waals surface area contributed by atoms with E-state index in [2.05, 4.69) is 15.9 Å². The first-order valence-corrected chi connectivity index (χ1v) is 5.97. The average molecular weight is 310 g/mol. The maximum absolute atomic E-state index is 12.9. The second kappa shape index (κ2) is 4.86. The molecule has 0 aliphatic carbocycles. The SMILES string of the molecule is FC(F)(F)c1ccc(Br)cc1N1CCOCC1. The molecule has 0 unspecified atom stereocenters. The van der Waals surface area contributed by atoms with Crippen LogP contribution in [-0.4, -0.2) is 26.3 Å². The molecule has 0 bridgehead atoms. The van der Waals surface area contributed by atoms with Crippen LogP contribution in [0.25, 0.3) is 0 Å². The van der Waals surface area contributed by atoms with Gasteiger partial charge in [-0.25, -0.2) is 0 Å². The summed E-state index contributed by atoms with van der Waals surface area (Å²) in [5.41, 5.74) is -0.377. The molecule has 2 nitrogen and oxygen atoms in total. The van der Waals surface area contributed by atoms with Crippen molar-refractivity contribution in [1.82, 2.24) is 0 Å². The minimum absolute atomic E-state index is 0.218. The zero-order valence-corrected chi connectivity index (χ0v) is 10.5. The van der Waals surface area contributed by atoms with Crippen molar-refractivity contribution in [3.8, 4) is 0 Å². The monoisotopic (exact) mass is 309 g/mol. The van der Waals surface area contributed by atoms with E-state index in [4.69, 9.17) is 4.74 Å². The lowest BCUT2D eigenvalue weighted by Gasteiger charge is -2.31. The van der Waals surface area contributed by atoms with Crippen LogP contribution in [0.1, 0.15) is 5.56 Å². The Morgan fingerprint density at radius 1 is 1.18 bits per heavy atom. The van der Waals surface area contributed by atoms with E-state index in [1.54, 1.807) is 4.90 Å². The molecule has 0 spiro atoms. The second-order valence-corrected chi connectivity index (χ2v) is 4.67. The van der Waals surface area contributed by atoms with Crippen molar-refractivity contribution in [2.24, 2.45) is 0 Å². The van der Waals surface area contributed by atoms with Crippen LogP contribution < -0.4 is 4.90 Å². The number of nitrogens with zero attached hydrogens (tertiary/aromatic N) is 1. The molecule has 1 aromatic carbocycles. The standard InChI is InChI=1S/C11H11BrF3NO/c12-8-1-2-9(11(13,14)15)10(7-8)16-3-5-17-6-4-16/h1-2,7H,3-6H2. The molecular formula is C11H11BrF3NO. The summed E-state index contributed by atoms with van der Waals surface area (Å²) in [6.07, 6.45) is -4.33. The Hall–Kier alpha value is -0.750. The van der Waals surface area contributed by atoms with Crippen LogP contribution in [0.15, 0.2) is 22.7 Å². The molecule has 1 saturated heterocycles. The molecule has 17 heavy (non-hydrogen) atoms. The lowest BCUT2D eigenvalue weighted by molar-refractivity contribution is -0.137. The molecule has 0 saturated carbocycles. The van der Waals surface area contributed by atoms with Gasteiger partial charge >= 0.3 is 6.18 Å². The maximum Gasteiger partial charge on any atom is 0.418 e. The van der Waals surface area contributed by atoms with Gasteiger partial charge < -0.3 is 9.64 Å². The smallest absolute Gasteiger partial charge is 0.378 e. The summed E-state index contributed by atoms with van der Waals surface area (Å²) < 4.78 is 44.4. The summed E-state index contributed by atoms with van der Waals surface area (Å²) in [5.74, 6) is 0. The lowest BCUT2D eigenvalue weighted by atomic mass is 10.1. The van der Waals surface area contributed by atoms with Gasteiger partial charge in [0.25, 0.3) is 0 Å². The Bertz CT molecular complexity index is 402. The Morgan fingerprint density at radius 2 is 1.82 bits per heavy atom. The summed E-state index contributed by atoms with van der Waals surface area (Å²) in [6.45, 7) is 1.90. The van der Waals surface area contributed by atoms with Crippen LogP contribution in [0.4, 0.5) is 18.9 Å². The van der Waals surface area contributed by atoms with Crippen molar-refractivity contribution in [1.29, 1.82) is 0 Å². The fraction of sp³-hybridized carbons (Fsp3) is 0.455. The predicted octanol–water partition coefficient (Wildman–Crippen LogP) is 3.30. The van der Waals surface area contributed by atoms with E-state index in [1.807, 2.05) is 0 Å². The van der Waals surface area contributed by atoms with E-state index in [0.717, 1.165) is 6.07 Å². The molecule has 1 fully saturated rings. The van der Waals surface area contributed by atoms with Crippen LogP contribution in [0.2, 0.25) is 0 Å². The van der Waals surface area contributed by atoms with Gasteiger partial charge in [-0.2, -0.15) is 13.2 Å². The zero-order valence-electron chi connectivity index (χ0n) is 8.93. The summed E-state index contributed by atoms with van der Waals surface area (Å²) in [5, 5.41) is 0. The summed E-state index contributed by atoms with van der Waals surface area (Å²) in [7, 11) is 0. The van der Waals surface area contributed by atoms with E-state index in [-0.39, 0.29) is 5.69 Å². The minimum Gasteiger partial charge on any atom is -0.378 e. The van der Waals surface area contributed by atoms with E-state index in [1.165, 1.54) is 12.1 Å². The van der Waals surface area contributed by atoms with Gasteiger partial charge in [0.1, 0.15) is 0 Å². The summed E-state index contributed by atoms with van der Waals surface area (Å²) in [6, 6.07) is 4.02. The lowest BCUT2D eigenvalue weighted by Crippen LogP contribution is -2.37. The molecule has 0 atom stereocenters. The van der Waals surface area contributed by atoms with Crippen molar-refractivity contribution in [2.45, 2.75) is 6.18 Å². The van der Waals surface area contributed by atoms with Crippen molar-refractivity contribution in [3.63, 3.8) is 0 Å². The molecule has 1 aromatic rings. The molecule has 1 aliphatic rings. The van der Waals surface area contributed by atoms with Crippen LogP contribution >= 0.6 is 15.9 Å². The van der Waals surface area contributed by atoms with Crippen molar-refractivity contribution < 1.29 is 17.9 Å². The number of anilines is 1. The molecule has 0 radical (unpaired) electrons. The fourth-order valence-electron chi connectivity index (χ4n) is 1.81. The van der Waals surface area contributed by atoms with E-state index in [9.17, 15) is 13.2 Å². The number of alkyl halides is 3. The van der Waals surface area contributed by atoms with Gasteiger partial charge in [-0.3, -0.25) is 0 Å². The van der Waals surface area contributed by atoms with Crippen molar-refractivity contribution in [3.05, 3.63) is 28.2 Å². The Balaban J connectivity index is 2.39. The third-order valence-electron chi connectivity index (χ3n) is 2.62. The van der Waals surface area contributed by atoms with Gasteiger partial charge in [0, 0.05) is 17.6 Å². The topological polar surface area (TPSA) is 12.5 Å². The third-order valence-corrected chi connectivity index (χ3v) is 3.11. The number of hydrogen-bond donors (Lipinski definition) is 0. The molecule has 94 valence electrons. The normalized spacial score (nSPS) is 17.3. The highest BCUT2D eigenvalue weighted by molar-refractivity contribution is 9.10. The molecule has 2 rings (SSSR count). The first kappa shape index (κ1) is 12.7. The van der Waals surface area contributed by atoms with E-state index in [0.29, 0.717) is 30.8 Å². The van der Waals surface area contributed by atoms with Crippen LogP contribution in [0.5, 0.6) is 0 Å². The highest BCUT2D eigenvalue weighted by Crippen LogP contribution is 2.38. The number of morpholine rings is 1. The van der Waals surface area contributed by atoms with Gasteiger partial charge in [-0.05, 0) is 18.2 Å². The second-order valence-electron chi connectivity index (χ2n) is 3.76. The number of ether oxygens (including phenoxy) is 1. The number of benzene rings is 1. The van der Waals surface area contributed by atoms with Crippen LogP contribution in [0, 0.1) is 0 Å². The largest absolute Gasteiger partial charge is 0.418 e. The molecule has 1 heterocycles. The minimum atomic E-state index is -4.33. The van der Waals surface area contributed by atoms with Crippen LogP contribution in [0.3, 0.4) is 0 Å². The molecule has 0 amide bonds. The fourth-order valence-corrected chi connectivity index (χ4v) is 2.16. The van der Waals surface area contributed by atoms with Gasteiger partial charge in [-0.15, -0.1) is 0 Å². The zero-order chi connectivity index (χ0) is 12.5. The van der Waals surface area contributed by atoms with Crippen molar-refractivity contribution >= 4 is 21.6 Å². The molecule has 0 N–H and O–H groups in total. The van der Waals surface area contributed by atoms with E-state index < -0.39 is 11.7 Å². The summed E-state index contributed by atoms with van der Waals surface area (Å²) in [4.78, 5) is 1.71. The molecular weight excluding hydrogens is 299 g/mol. The van der Waals surface area contributed by atoms with Gasteiger partial charge in [0.15, 0.2) is 0 Å². The molecule has 1 aliphatic heterocycles. The quantitative estimate of drug-likeness (QED) is 0.789. The van der Waals surface area contributed by atoms with Gasteiger partial charge in [0.05, 0.1) is 24.5 Å². The third kappa shape index (κ3) is 2.93. The Morgan fingerprint density at radius 3 is 2.41 bits per heavy atom. The Labute approximate surface area is 105 Å². The highest BCUT2D eigenvalue weighted by atomic mass is 79.9. The first-order valence-electron chi connectivity index (χ1n) is 5.18. The highest BCUT2D eigenvalue weighted by Gasteiger charge is 2.35. The van der Waals surface area contributed by atoms with E-state index >= 15 is 0 Å². The number of rotatable bonds is 1. The predicted molar refractivity (Wildman–Crippen MR) is 62.2 cm³/mol. The van der Waals surface area contributed by atoms with Crippen LogP contribution in [-0.2, 0) is 10.9 Å². The molecule has 6 heteroatoms. The molecule has 0 aromatic heterocycles. The van der Waals surface area contributed by atoms with Crippen molar-refractivity contribution in [2.75, 3.05) is 31.2 Å². The number of halogens is 4. The Kier molecular flexibility index (Phi) is 3.63. The van der Waals surface area contributed by atoms with Gasteiger partial charge in [-0.1, -0.05) is 15.9 Å². The number of hydrogen-bond acceptors (Lipinski definition) is 2. The maximum atomic E-state index is 12.9. The van der Waals surface area contributed by atoms with Gasteiger partial charge in [0.2, 0.25) is 0 Å². The summed E-state index contributed by atoms with van der Waals surface area (Å²) >= 11 is 3.20. The average Bonchev–Trinajstić information content (AvgIpc) is 2.28.